The molecule has 13 heteroatoms. The van der Waals surface area contributed by atoms with Gasteiger partial charge in [0.05, 0.1) is 40.2 Å². The van der Waals surface area contributed by atoms with E-state index in [4.69, 9.17) is 28.4 Å². The van der Waals surface area contributed by atoms with Crippen molar-refractivity contribution in [3.05, 3.63) is 88.0 Å². The molecule has 4 aliphatic heterocycles. The second-order valence-corrected chi connectivity index (χ2v) is 15.3. The molecule has 0 spiro atoms. The Labute approximate surface area is 305 Å². The first kappa shape index (κ1) is 35.7. The Balaban J connectivity index is 1.51. The van der Waals surface area contributed by atoms with Crippen LogP contribution in [0, 0.1) is 0 Å². The molecule has 12 nitrogen and oxygen atoms in total. The maximum atomic E-state index is 14.3. The zero-order valence-corrected chi connectivity index (χ0v) is 31.6. The third-order valence-electron chi connectivity index (χ3n) is 10.1. The van der Waals surface area contributed by atoms with Gasteiger partial charge in [0.25, 0.3) is 0 Å². The highest BCUT2D eigenvalue weighted by Gasteiger charge is 2.46. The maximum absolute atomic E-state index is 14.3. The molecule has 0 aliphatic carbocycles. The molecule has 0 radical (unpaired) electrons. The molecule has 0 amide bonds. The predicted octanol–water partition coefficient (Wildman–Crippen LogP) is 5.85. The number of hydrogen-bond acceptors (Lipinski definition) is 10. The lowest BCUT2D eigenvalue weighted by Crippen LogP contribution is -2.57. The van der Waals surface area contributed by atoms with Gasteiger partial charge >= 0.3 is 10.2 Å². The lowest BCUT2D eigenvalue weighted by molar-refractivity contribution is 0.175. The SMILES string of the molecule is CNCCc1cc(OC)c2cc1CCc1ccc(cc1)Oc1cc3c(cc1OC)N(S(=O)(=O)N(C)C)N1CCc4cc(OC)c(OC)c(c4[C@@H]1C3)O2. The second-order valence-electron chi connectivity index (χ2n) is 13.3. The Hall–Kier alpha value is -4.69. The Morgan fingerprint density at radius 2 is 1.50 bits per heavy atom. The molecule has 8 rings (SSSR count). The van der Waals surface area contributed by atoms with E-state index in [0.29, 0.717) is 71.1 Å². The molecule has 1 N–H and O–H groups in total. The zero-order chi connectivity index (χ0) is 36.7. The van der Waals surface area contributed by atoms with Gasteiger partial charge in [0.15, 0.2) is 34.5 Å². The summed E-state index contributed by atoms with van der Waals surface area (Å²) >= 11 is 0. The smallest absolute Gasteiger partial charge is 0.317 e. The summed E-state index contributed by atoms with van der Waals surface area (Å²) in [6, 6.07) is 17.3. The summed E-state index contributed by atoms with van der Waals surface area (Å²) in [5.74, 6) is 4.05. The maximum Gasteiger partial charge on any atom is 0.317 e. The number of methoxy groups -OCH3 is 4. The fourth-order valence-electron chi connectivity index (χ4n) is 7.44. The molecule has 0 unspecified atom stereocenters. The number of fused-ring (bicyclic) bond motifs is 3. The van der Waals surface area contributed by atoms with Crippen molar-refractivity contribution in [1.82, 2.24) is 14.6 Å². The topological polar surface area (TPSA) is 111 Å². The largest absolute Gasteiger partial charge is 0.493 e. The fraction of sp³-hybridized carbons (Fsp3) is 0.385. The molecular weight excluding hydrogens is 685 g/mol. The fourth-order valence-corrected chi connectivity index (χ4v) is 8.63. The van der Waals surface area contributed by atoms with Crippen LogP contribution < -0.4 is 38.2 Å². The van der Waals surface area contributed by atoms with Crippen molar-refractivity contribution in [3.63, 3.8) is 0 Å². The Morgan fingerprint density at radius 1 is 0.808 bits per heavy atom. The van der Waals surface area contributed by atoms with Gasteiger partial charge in [0.2, 0.25) is 5.75 Å². The lowest BCUT2D eigenvalue weighted by Gasteiger charge is -2.48. The van der Waals surface area contributed by atoms with Crippen LogP contribution in [0.4, 0.5) is 5.69 Å². The number of ether oxygens (including phenoxy) is 6. The number of nitrogens with one attached hydrogen (secondary N) is 1. The average molecular weight is 731 g/mol. The Bertz CT molecular complexity index is 2090. The van der Waals surface area contributed by atoms with Crippen LogP contribution in [0.5, 0.6) is 46.0 Å². The minimum atomic E-state index is -4.03. The quantitative estimate of drug-likeness (QED) is 0.225. The van der Waals surface area contributed by atoms with E-state index in [-0.39, 0.29) is 0 Å². The highest BCUT2D eigenvalue weighted by atomic mass is 32.2. The number of anilines is 1. The van der Waals surface area contributed by atoms with Crippen molar-refractivity contribution in [2.24, 2.45) is 0 Å². The molecule has 276 valence electrons. The molecule has 0 saturated heterocycles. The van der Waals surface area contributed by atoms with Gasteiger partial charge in [0.1, 0.15) is 5.75 Å². The van der Waals surface area contributed by atoms with Crippen molar-refractivity contribution in [2.75, 3.05) is 67.1 Å². The number of rotatable bonds is 9. The lowest BCUT2D eigenvalue weighted by atomic mass is 9.86. The molecule has 4 heterocycles. The van der Waals surface area contributed by atoms with Crippen molar-refractivity contribution in [1.29, 1.82) is 0 Å². The van der Waals surface area contributed by atoms with Crippen LogP contribution in [-0.2, 0) is 42.3 Å². The van der Waals surface area contributed by atoms with Gasteiger partial charge in [-0.1, -0.05) is 12.1 Å². The molecule has 7 bridgehead atoms. The van der Waals surface area contributed by atoms with Crippen LogP contribution in [0.15, 0.2) is 54.6 Å². The molecule has 0 fully saturated rings. The summed E-state index contributed by atoms with van der Waals surface area (Å²) in [6.45, 7) is 1.22. The van der Waals surface area contributed by atoms with Crippen molar-refractivity contribution in [3.8, 4) is 46.0 Å². The minimum absolute atomic E-state index is 0.409. The zero-order valence-electron chi connectivity index (χ0n) is 30.7. The molecular formula is C39H46N4O8S. The van der Waals surface area contributed by atoms with Crippen LogP contribution in [0.25, 0.3) is 0 Å². The van der Waals surface area contributed by atoms with E-state index < -0.39 is 16.3 Å². The molecule has 0 aromatic heterocycles. The van der Waals surface area contributed by atoms with Gasteiger partial charge in [-0.05, 0) is 110 Å². The van der Waals surface area contributed by atoms with Crippen molar-refractivity contribution in [2.45, 2.75) is 38.1 Å². The van der Waals surface area contributed by atoms with Gasteiger partial charge in [-0.3, -0.25) is 0 Å². The molecule has 1 atom stereocenters. The summed E-state index contributed by atoms with van der Waals surface area (Å²) in [7, 11) is 7.36. The average Bonchev–Trinajstić information content (AvgIpc) is 3.14. The molecule has 52 heavy (non-hydrogen) atoms. The third kappa shape index (κ3) is 6.25. The van der Waals surface area contributed by atoms with E-state index in [1.807, 2.05) is 36.3 Å². The van der Waals surface area contributed by atoms with Gasteiger partial charge in [-0.25, -0.2) is 0 Å². The van der Waals surface area contributed by atoms with E-state index in [9.17, 15) is 8.42 Å². The first-order valence-corrected chi connectivity index (χ1v) is 18.8. The number of benzene rings is 4. The number of hydrazine groups is 1. The first-order chi connectivity index (χ1) is 25.1. The van der Waals surface area contributed by atoms with E-state index in [2.05, 4.69) is 29.6 Å². The van der Waals surface area contributed by atoms with Crippen molar-refractivity contribution >= 4 is 15.9 Å². The number of nitrogens with zero attached hydrogens (tertiary/aromatic N) is 3. The number of hydrogen-bond donors (Lipinski definition) is 1. The van der Waals surface area contributed by atoms with Crippen LogP contribution in [0.3, 0.4) is 0 Å². The summed E-state index contributed by atoms with van der Waals surface area (Å²) in [4.78, 5) is 0. The summed E-state index contributed by atoms with van der Waals surface area (Å²) < 4.78 is 68.3. The number of likely N-dealkylation sites (N-methyl/N-ethyl adjacent to an activating group) is 1. The Morgan fingerprint density at radius 3 is 2.17 bits per heavy atom. The van der Waals surface area contributed by atoms with E-state index in [0.717, 1.165) is 59.2 Å². The van der Waals surface area contributed by atoms with Crippen molar-refractivity contribution < 1.29 is 36.8 Å². The van der Waals surface area contributed by atoms with Crippen LogP contribution in [-0.4, -0.2) is 80.4 Å². The third-order valence-corrected chi connectivity index (χ3v) is 11.9. The Kier molecular flexibility index (Phi) is 9.87. The van der Waals surface area contributed by atoms with E-state index in [1.165, 1.54) is 22.8 Å². The minimum Gasteiger partial charge on any atom is -0.493 e. The van der Waals surface area contributed by atoms with Gasteiger partial charge in [-0.2, -0.15) is 22.1 Å². The molecule has 4 aromatic rings. The standard InChI is InChI=1S/C39H46N4O8S/c1-40-16-14-26-19-32(46-4)35-20-25(26)11-8-24-9-12-29(13-10-24)50-34-22-28-18-31-37-27(21-36(48-6)38(49-7)39(37)51-35)15-17-42(31)43(52(44,45)41(2)3)30(28)23-33(34)47-5/h9-10,12-13,19-23,31,40H,8,11,14-18H2,1-7H3/t31-/m0/s1. The van der Waals surface area contributed by atoms with E-state index in [1.54, 1.807) is 34.5 Å². The van der Waals surface area contributed by atoms with Gasteiger partial charge < -0.3 is 33.7 Å². The monoisotopic (exact) mass is 730 g/mol. The highest BCUT2D eigenvalue weighted by Crippen LogP contribution is 2.54. The molecule has 4 aromatic carbocycles. The van der Waals surface area contributed by atoms with Gasteiger partial charge in [-0.15, -0.1) is 0 Å². The molecule has 0 saturated carbocycles. The molecule has 4 aliphatic rings. The van der Waals surface area contributed by atoms with Crippen LogP contribution >= 0.6 is 0 Å². The van der Waals surface area contributed by atoms with E-state index >= 15 is 0 Å². The summed E-state index contributed by atoms with van der Waals surface area (Å²) in [5, 5.41) is 5.17. The number of aryl methyl sites for hydroxylation is 2. The van der Waals surface area contributed by atoms with Crippen LogP contribution in [0.2, 0.25) is 0 Å². The predicted molar refractivity (Wildman–Crippen MR) is 199 cm³/mol. The normalized spacial score (nSPS) is 16.5. The summed E-state index contributed by atoms with van der Waals surface area (Å²) in [5.41, 5.74) is 6.49. The second kappa shape index (κ2) is 14.4. The summed E-state index contributed by atoms with van der Waals surface area (Å²) in [6.07, 6.45) is 3.34. The van der Waals surface area contributed by atoms with Gasteiger partial charge in [0, 0.05) is 32.3 Å². The van der Waals surface area contributed by atoms with Crippen LogP contribution in [0.1, 0.15) is 39.4 Å². The highest BCUT2D eigenvalue weighted by molar-refractivity contribution is 7.90. The first-order valence-electron chi connectivity index (χ1n) is 17.4.